The third-order valence-corrected chi connectivity index (χ3v) is 2.63. The first-order valence-corrected chi connectivity index (χ1v) is 5.89. The van der Waals surface area contributed by atoms with Gasteiger partial charge in [-0.3, -0.25) is 4.79 Å². The number of carbonyl (C=O) groups excluding carboxylic acids is 1. The van der Waals surface area contributed by atoms with E-state index in [1.54, 1.807) is 31.2 Å². The maximum atomic E-state index is 12.0. The Morgan fingerprint density at radius 1 is 1.11 bits per heavy atom. The van der Waals surface area contributed by atoms with Crippen LogP contribution in [0.3, 0.4) is 0 Å². The van der Waals surface area contributed by atoms with Crippen LogP contribution in [0.5, 0.6) is 0 Å². The molecule has 2 aromatic carbocycles. The van der Waals surface area contributed by atoms with Crippen LogP contribution >= 0.6 is 0 Å². The smallest absolute Gasteiger partial charge is 0.255 e. The summed E-state index contributed by atoms with van der Waals surface area (Å²) < 4.78 is 0. The summed E-state index contributed by atoms with van der Waals surface area (Å²) in [6, 6.07) is 14.3. The van der Waals surface area contributed by atoms with Crippen molar-refractivity contribution in [3.05, 3.63) is 59.7 Å². The van der Waals surface area contributed by atoms with Crippen LogP contribution in [0.15, 0.2) is 48.5 Å². The minimum absolute atomic E-state index is 0.186. The third-order valence-electron chi connectivity index (χ3n) is 2.63. The molecular formula is C16H14N2O. The van der Waals surface area contributed by atoms with Crippen molar-refractivity contribution in [2.45, 2.75) is 6.92 Å². The molecule has 3 heteroatoms. The number of anilines is 2. The molecule has 94 valence electrons. The van der Waals surface area contributed by atoms with Crippen molar-refractivity contribution in [1.82, 2.24) is 0 Å². The van der Waals surface area contributed by atoms with Crippen LogP contribution in [0.2, 0.25) is 0 Å². The molecule has 0 atom stereocenters. The zero-order chi connectivity index (χ0) is 13.7. The van der Waals surface area contributed by atoms with E-state index in [0.29, 0.717) is 16.9 Å². The number of nitrogens with one attached hydrogen (secondary N) is 1. The fraction of sp³-hybridized carbons (Fsp3) is 0.0625. The lowest BCUT2D eigenvalue weighted by atomic mass is 10.1. The van der Waals surface area contributed by atoms with Crippen LogP contribution in [0.1, 0.15) is 22.8 Å². The number of nitrogens with two attached hydrogens (primary N) is 1. The van der Waals surface area contributed by atoms with E-state index in [0.717, 1.165) is 5.56 Å². The Morgan fingerprint density at radius 2 is 1.79 bits per heavy atom. The Labute approximate surface area is 112 Å². The zero-order valence-corrected chi connectivity index (χ0v) is 10.6. The molecule has 1 amide bonds. The van der Waals surface area contributed by atoms with Crippen LogP contribution in [-0.2, 0) is 0 Å². The molecule has 0 aliphatic rings. The molecular weight excluding hydrogens is 236 g/mol. The van der Waals surface area contributed by atoms with Gasteiger partial charge in [0.2, 0.25) is 0 Å². The minimum atomic E-state index is -0.186. The van der Waals surface area contributed by atoms with E-state index in [1.807, 2.05) is 24.3 Å². The van der Waals surface area contributed by atoms with Gasteiger partial charge in [-0.2, -0.15) is 0 Å². The number of amides is 1. The highest BCUT2D eigenvalue weighted by Crippen LogP contribution is 2.17. The molecule has 0 saturated carbocycles. The van der Waals surface area contributed by atoms with E-state index in [-0.39, 0.29) is 5.91 Å². The molecule has 0 fully saturated rings. The number of rotatable bonds is 2. The van der Waals surface area contributed by atoms with Gasteiger partial charge in [-0.15, -0.1) is 5.92 Å². The van der Waals surface area contributed by atoms with E-state index in [9.17, 15) is 4.79 Å². The van der Waals surface area contributed by atoms with E-state index in [4.69, 9.17) is 5.73 Å². The van der Waals surface area contributed by atoms with Crippen molar-refractivity contribution in [3.8, 4) is 11.8 Å². The third kappa shape index (κ3) is 3.14. The van der Waals surface area contributed by atoms with Crippen molar-refractivity contribution < 1.29 is 4.79 Å². The van der Waals surface area contributed by atoms with Gasteiger partial charge in [0.05, 0.1) is 11.4 Å². The molecule has 0 aliphatic heterocycles. The number of benzene rings is 2. The SMILES string of the molecule is CC#Cc1ccc(C(=O)Nc2ccccc2N)cc1. The van der Waals surface area contributed by atoms with E-state index >= 15 is 0 Å². The second-order valence-corrected chi connectivity index (χ2v) is 3.99. The quantitative estimate of drug-likeness (QED) is 0.636. The Morgan fingerprint density at radius 3 is 2.42 bits per heavy atom. The van der Waals surface area contributed by atoms with Crippen molar-refractivity contribution in [1.29, 1.82) is 0 Å². The fourth-order valence-corrected chi connectivity index (χ4v) is 1.65. The first-order valence-electron chi connectivity index (χ1n) is 5.89. The summed E-state index contributed by atoms with van der Waals surface area (Å²) in [5.74, 6) is 5.56. The molecule has 19 heavy (non-hydrogen) atoms. The first kappa shape index (κ1) is 12.7. The number of hydrogen-bond donors (Lipinski definition) is 2. The predicted molar refractivity (Wildman–Crippen MR) is 77.8 cm³/mol. The van der Waals surface area contributed by atoms with Crippen LogP contribution in [0.4, 0.5) is 11.4 Å². The number of nitrogen functional groups attached to an aromatic ring is 1. The van der Waals surface area contributed by atoms with Crippen molar-refractivity contribution in [3.63, 3.8) is 0 Å². The van der Waals surface area contributed by atoms with Crippen LogP contribution < -0.4 is 11.1 Å². The molecule has 0 radical (unpaired) electrons. The van der Waals surface area contributed by atoms with Gasteiger partial charge in [0.1, 0.15) is 0 Å². The summed E-state index contributed by atoms with van der Waals surface area (Å²) in [5.41, 5.74) is 8.40. The number of para-hydroxylation sites is 2. The maximum Gasteiger partial charge on any atom is 0.255 e. The predicted octanol–water partition coefficient (Wildman–Crippen LogP) is 2.89. The normalized spacial score (nSPS) is 9.32. The molecule has 3 N–H and O–H groups in total. The van der Waals surface area contributed by atoms with Gasteiger partial charge in [-0.05, 0) is 43.3 Å². The summed E-state index contributed by atoms with van der Waals surface area (Å²) in [5, 5.41) is 2.78. The highest BCUT2D eigenvalue weighted by molar-refractivity contribution is 6.05. The molecule has 2 aromatic rings. The van der Waals surface area contributed by atoms with E-state index in [1.165, 1.54) is 0 Å². The van der Waals surface area contributed by atoms with Gasteiger partial charge in [0.15, 0.2) is 0 Å². The van der Waals surface area contributed by atoms with Gasteiger partial charge in [0.25, 0.3) is 5.91 Å². The van der Waals surface area contributed by atoms with Crippen LogP contribution in [0.25, 0.3) is 0 Å². The topological polar surface area (TPSA) is 55.1 Å². The molecule has 0 aromatic heterocycles. The lowest BCUT2D eigenvalue weighted by molar-refractivity contribution is 0.102. The van der Waals surface area contributed by atoms with Crippen LogP contribution in [-0.4, -0.2) is 5.91 Å². The molecule has 0 spiro atoms. The minimum Gasteiger partial charge on any atom is -0.397 e. The van der Waals surface area contributed by atoms with Crippen molar-refractivity contribution >= 4 is 17.3 Å². The van der Waals surface area contributed by atoms with E-state index in [2.05, 4.69) is 17.2 Å². The standard InChI is InChI=1S/C16H14N2O/c1-2-5-12-8-10-13(11-9-12)16(19)18-15-7-4-3-6-14(15)17/h3-4,6-11H,17H2,1H3,(H,18,19). The summed E-state index contributed by atoms with van der Waals surface area (Å²) in [4.78, 5) is 12.0. The van der Waals surface area contributed by atoms with Crippen LogP contribution in [0, 0.1) is 11.8 Å². The van der Waals surface area contributed by atoms with Gasteiger partial charge in [-0.25, -0.2) is 0 Å². The summed E-state index contributed by atoms with van der Waals surface area (Å²) >= 11 is 0. The Kier molecular flexibility index (Phi) is 3.84. The molecule has 0 bridgehead atoms. The second kappa shape index (κ2) is 5.74. The summed E-state index contributed by atoms with van der Waals surface area (Å²) in [6.45, 7) is 1.78. The Bertz CT molecular complexity index is 648. The highest BCUT2D eigenvalue weighted by atomic mass is 16.1. The van der Waals surface area contributed by atoms with Gasteiger partial charge >= 0.3 is 0 Å². The lowest BCUT2D eigenvalue weighted by Gasteiger charge is -2.07. The Hall–Kier alpha value is -2.73. The van der Waals surface area contributed by atoms with Gasteiger partial charge in [-0.1, -0.05) is 18.1 Å². The average Bonchev–Trinajstić information content (AvgIpc) is 2.42. The Balaban J connectivity index is 2.15. The number of hydrogen-bond acceptors (Lipinski definition) is 2. The van der Waals surface area contributed by atoms with Gasteiger partial charge < -0.3 is 11.1 Å². The zero-order valence-electron chi connectivity index (χ0n) is 10.6. The fourth-order valence-electron chi connectivity index (χ4n) is 1.65. The second-order valence-electron chi connectivity index (χ2n) is 3.99. The molecule has 0 unspecified atom stereocenters. The van der Waals surface area contributed by atoms with Crippen molar-refractivity contribution in [2.75, 3.05) is 11.1 Å². The molecule has 3 nitrogen and oxygen atoms in total. The van der Waals surface area contributed by atoms with E-state index < -0.39 is 0 Å². The monoisotopic (exact) mass is 250 g/mol. The first-order chi connectivity index (χ1) is 9.20. The summed E-state index contributed by atoms with van der Waals surface area (Å²) in [7, 11) is 0. The molecule has 0 saturated heterocycles. The number of carbonyl (C=O) groups is 1. The maximum absolute atomic E-state index is 12.0. The molecule has 0 aliphatic carbocycles. The highest BCUT2D eigenvalue weighted by Gasteiger charge is 2.07. The van der Waals surface area contributed by atoms with Gasteiger partial charge in [0, 0.05) is 11.1 Å². The van der Waals surface area contributed by atoms with Crippen molar-refractivity contribution in [2.24, 2.45) is 0 Å². The molecule has 2 rings (SSSR count). The summed E-state index contributed by atoms with van der Waals surface area (Å²) in [6.07, 6.45) is 0. The lowest BCUT2D eigenvalue weighted by Crippen LogP contribution is -2.12. The molecule has 0 heterocycles. The average molecular weight is 250 g/mol. The largest absolute Gasteiger partial charge is 0.397 e.